The average Bonchev–Trinajstić information content (AvgIpc) is 3.74. The van der Waals surface area contributed by atoms with Crippen molar-refractivity contribution in [2.75, 3.05) is 6.54 Å². The van der Waals surface area contributed by atoms with E-state index in [0.717, 1.165) is 17.7 Å². The Morgan fingerprint density at radius 1 is 1.11 bits per heavy atom. The van der Waals surface area contributed by atoms with E-state index < -0.39 is 23.4 Å². The maximum atomic E-state index is 15.9. The number of pyridine rings is 2. The normalized spacial score (nSPS) is 14.1. The van der Waals surface area contributed by atoms with Crippen LogP contribution in [-0.4, -0.2) is 49.1 Å². The summed E-state index contributed by atoms with van der Waals surface area (Å²) in [7, 11) is 0. The molecule has 2 amide bonds. The van der Waals surface area contributed by atoms with E-state index >= 15 is 4.39 Å². The van der Waals surface area contributed by atoms with E-state index in [1.54, 1.807) is 30.8 Å². The van der Waals surface area contributed by atoms with Gasteiger partial charge in [-0.1, -0.05) is 6.58 Å². The Balaban J connectivity index is 1.49. The van der Waals surface area contributed by atoms with E-state index in [1.807, 2.05) is 17.5 Å². The minimum Gasteiger partial charge on any atom is -0.490 e. The number of carbonyl (C=O) groups is 2. The Morgan fingerprint density at radius 3 is 2.71 bits per heavy atom. The van der Waals surface area contributed by atoms with Gasteiger partial charge in [0.2, 0.25) is 0 Å². The van der Waals surface area contributed by atoms with Crippen LogP contribution < -0.4 is 10.1 Å². The second-order valence-corrected chi connectivity index (χ2v) is 12.0. The van der Waals surface area contributed by atoms with Crippen LogP contribution in [-0.2, 0) is 24.4 Å². The van der Waals surface area contributed by atoms with Crippen LogP contribution in [0.2, 0.25) is 0 Å². The molecule has 2 aliphatic rings. The molecule has 228 valence electrons. The highest BCUT2D eigenvalue weighted by molar-refractivity contribution is 7.18. The number of rotatable bonds is 6. The SMILES string of the molecule is C=C(F)C(=O)N1CCn2nc(-c3nc(-c4cnc5c(c4)CNC5=O)c4ccsc4c3-c3c(F)cc(F)cc3OC(C)C)cc2C1. The molecule has 2 aliphatic heterocycles. The van der Waals surface area contributed by atoms with Crippen molar-refractivity contribution in [1.29, 1.82) is 0 Å². The van der Waals surface area contributed by atoms with Crippen molar-refractivity contribution < 1.29 is 27.5 Å². The molecule has 1 aromatic carbocycles. The van der Waals surface area contributed by atoms with Crippen LogP contribution in [0.5, 0.6) is 5.75 Å². The van der Waals surface area contributed by atoms with Crippen LogP contribution in [0.25, 0.3) is 43.9 Å². The minimum absolute atomic E-state index is 0.0130. The number of nitrogens with zero attached hydrogens (tertiary/aromatic N) is 5. The summed E-state index contributed by atoms with van der Waals surface area (Å²) in [4.78, 5) is 35.3. The van der Waals surface area contributed by atoms with Gasteiger partial charge in [-0.05, 0) is 37.4 Å². The lowest BCUT2D eigenvalue weighted by Crippen LogP contribution is -2.38. The summed E-state index contributed by atoms with van der Waals surface area (Å²) in [5.41, 5.74) is 3.92. The van der Waals surface area contributed by atoms with Gasteiger partial charge in [-0.25, -0.2) is 18.2 Å². The number of halogens is 3. The molecule has 0 radical (unpaired) electrons. The molecule has 9 nitrogen and oxygen atoms in total. The monoisotopic (exact) mass is 630 g/mol. The molecule has 45 heavy (non-hydrogen) atoms. The first kappa shape index (κ1) is 28.7. The summed E-state index contributed by atoms with van der Waals surface area (Å²) in [6.07, 6.45) is 1.19. The fraction of sp³-hybridized carbons (Fsp3) is 0.219. The molecular formula is C32H25F3N6O3S. The molecule has 5 aromatic rings. The van der Waals surface area contributed by atoms with Gasteiger partial charge in [0.15, 0.2) is 5.83 Å². The number of amides is 2. The zero-order chi connectivity index (χ0) is 31.6. The molecule has 0 saturated heterocycles. The van der Waals surface area contributed by atoms with E-state index in [9.17, 15) is 18.4 Å². The Morgan fingerprint density at radius 2 is 1.93 bits per heavy atom. The van der Waals surface area contributed by atoms with Gasteiger partial charge >= 0.3 is 0 Å². The number of hydrogen-bond acceptors (Lipinski definition) is 7. The van der Waals surface area contributed by atoms with Crippen LogP contribution in [0.15, 0.2) is 54.3 Å². The van der Waals surface area contributed by atoms with Crippen molar-refractivity contribution >= 4 is 33.2 Å². The number of ether oxygens (including phenoxy) is 1. The number of benzene rings is 1. The molecule has 0 saturated carbocycles. The first-order valence-corrected chi connectivity index (χ1v) is 15.0. The molecule has 13 heteroatoms. The quantitative estimate of drug-likeness (QED) is 0.230. The molecule has 1 N–H and O–H groups in total. The van der Waals surface area contributed by atoms with Crippen molar-refractivity contribution in [1.82, 2.24) is 30.0 Å². The molecule has 0 atom stereocenters. The lowest BCUT2D eigenvalue weighted by atomic mass is 9.96. The first-order valence-electron chi connectivity index (χ1n) is 14.1. The Hall–Kier alpha value is -5.04. The van der Waals surface area contributed by atoms with Gasteiger partial charge in [0, 0.05) is 58.2 Å². The Kier molecular flexibility index (Phi) is 6.92. The largest absolute Gasteiger partial charge is 0.490 e. The molecule has 0 bridgehead atoms. The van der Waals surface area contributed by atoms with Crippen molar-refractivity contribution in [3.63, 3.8) is 0 Å². The third-order valence-corrected chi connectivity index (χ3v) is 8.63. The Bertz CT molecular complexity index is 2070. The minimum atomic E-state index is -1.05. The zero-order valence-corrected chi connectivity index (χ0v) is 25.0. The fourth-order valence-electron chi connectivity index (χ4n) is 5.77. The zero-order valence-electron chi connectivity index (χ0n) is 24.2. The predicted molar refractivity (Wildman–Crippen MR) is 162 cm³/mol. The van der Waals surface area contributed by atoms with Gasteiger partial charge in [0.05, 0.1) is 36.1 Å². The maximum Gasteiger partial charge on any atom is 0.282 e. The second-order valence-electron chi connectivity index (χ2n) is 11.1. The van der Waals surface area contributed by atoms with Crippen LogP contribution in [0.1, 0.15) is 35.6 Å². The number of aromatic nitrogens is 4. The highest BCUT2D eigenvalue weighted by atomic mass is 32.1. The molecule has 0 fully saturated rings. The topological polar surface area (TPSA) is 102 Å². The standard InChI is InChI=1S/C32H25F3N6O3S/c1-15(2)44-24-10-19(34)9-22(35)25(24)26-29(23-11-20-14-40(32(43)16(3)33)5-6-41(20)39-23)38-27(21-4-7-45-30(21)26)17-8-18-13-37-31(42)28(18)36-12-17/h4,7-12,15H,3,5-6,13-14H2,1-2H3,(H,37,42). The summed E-state index contributed by atoms with van der Waals surface area (Å²) in [5.74, 6) is -3.71. The molecule has 0 unspecified atom stereocenters. The summed E-state index contributed by atoms with van der Waals surface area (Å²) >= 11 is 1.35. The van der Waals surface area contributed by atoms with Gasteiger partial charge in [0.25, 0.3) is 11.8 Å². The number of carbonyl (C=O) groups excluding carboxylic acids is 2. The molecule has 7 rings (SSSR count). The number of hydrogen-bond donors (Lipinski definition) is 1. The molecule has 6 heterocycles. The summed E-state index contributed by atoms with van der Waals surface area (Å²) in [6.45, 7) is 7.58. The van der Waals surface area contributed by atoms with Crippen molar-refractivity contribution in [3.05, 3.63) is 82.9 Å². The maximum absolute atomic E-state index is 15.9. The van der Waals surface area contributed by atoms with E-state index in [0.29, 0.717) is 62.8 Å². The third kappa shape index (κ3) is 4.92. The van der Waals surface area contributed by atoms with Crippen LogP contribution >= 0.6 is 11.3 Å². The number of thiophene rings is 1. The lowest BCUT2D eigenvalue weighted by Gasteiger charge is -2.26. The summed E-state index contributed by atoms with van der Waals surface area (Å²) in [5, 5.41) is 10.1. The van der Waals surface area contributed by atoms with E-state index in [1.165, 1.54) is 16.2 Å². The molecule has 4 aromatic heterocycles. The second kappa shape index (κ2) is 10.8. The van der Waals surface area contributed by atoms with E-state index in [4.69, 9.17) is 14.8 Å². The van der Waals surface area contributed by atoms with Crippen molar-refractivity contribution in [3.8, 4) is 39.5 Å². The smallest absolute Gasteiger partial charge is 0.282 e. The first-order chi connectivity index (χ1) is 21.6. The highest BCUT2D eigenvalue weighted by Crippen LogP contribution is 2.47. The van der Waals surface area contributed by atoms with Crippen molar-refractivity contribution in [2.24, 2.45) is 0 Å². The molecular weight excluding hydrogens is 605 g/mol. The Labute approximate surface area is 259 Å². The van der Waals surface area contributed by atoms with Crippen LogP contribution in [0.3, 0.4) is 0 Å². The van der Waals surface area contributed by atoms with Gasteiger partial charge < -0.3 is 15.0 Å². The summed E-state index contributed by atoms with van der Waals surface area (Å²) < 4.78 is 52.4. The average molecular weight is 631 g/mol. The van der Waals surface area contributed by atoms with Crippen molar-refractivity contribution in [2.45, 2.75) is 39.6 Å². The van der Waals surface area contributed by atoms with Gasteiger partial charge in [-0.3, -0.25) is 19.3 Å². The highest BCUT2D eigenvalue weighted by Gasteiger charge is 2.30. The third-order valence-electron chi connectivity index (χ3n) is 7.69. The lowest BCUT2D eigenvalue weighted by molar-refractivity contribution is -0.130. The number of nitrogens with one attached hydrogen (secondary N) is 1. The fourth-order valence-corrected chi connectivity index (χ4v) is 6.72. The predicted octanol–water partition coefficient (Wildman–Crippen LogP) is 6.02. The number of fused-ring (bicyclic) bond motifs is 3. The molecule has 0 aliphatic carbocycles. The molecule has 0 spiro atoms. The van der Waals surface area contributed by atoms with E-state index in [-0.39, 0.29) is 36.4 Å². The van der Waals surface area contributed by atoms with Gasteiger partial charge in [-0.2, -0.15) is 5.10 Å². The van der Waals surface area contributed by atoms with Gasteiger partial charge in [0.1, 0.15) is 34.5 Å². The summed E-state index contributed by atoms with van der Waals surface area (Å²) in [6, 6.07) is 7.39. The van der Waals surface area contributed by atoms with Crippen LogP contribution in [0, 0.1) is 11.6 Å². The van der Waals surface area contributed by atoms with Gasteiger partial charge in [-0.15, -0.1) is 11.3 Å². The van der Waals surface area contributed by atoms with Crippen LogP contribution in [0.4, 0.5) is 13.2 Å². The van der Waals surface area contributed by atoms with E-state index in [2.05, 4.69) is 16.9 Å².